The van der Waals surface area contributed by atoms with Crippen LogP contribution in [0.3, 0.4) is 0 Å². The molecule has 0 unspecified atom stereocenters. The Balaban J connectivity index is 1.68. The predicted molar refractivity (Wildman–Crippen MR) is 71.2 cm³/mol. The number of hydrogen-bond acceptors (Lipinski definition) is 4. The van der Waals surface area contributed by atoms with E-state index < -0.39 is 0 Å². The molecule has 0 spiro atoms. The molecule has 0 radical (unpaired) electrons. The van der Waals surface area contributed by atoms with E-state index in [1.54, 1.807) is 15.9 Å². The van der Waals surface area contributed by atoms with E-state index >= 15 is 0 Å². The third-order valence-corrected chi connectivity index (χ3v) is 4.06. The highest BCUT2D eigenvalue weighted by atomic mass is 32.1. The van der Waals surface area contributed by atoms with Crippen molar-refractivity contribution < 1.29 is 4.79 Å². The molecule has 2 aromatic rings. The summed E-state index contributed by atoms with van der Waals surface area (Å²) >= 11 is 1.60. The van der Waals surface area contributed by atoms with Crippen molar-refractivity contribution in [2.24, 2.45) is 0 Å². The molecule has 3 heterocycles. The van der Waals surface area contributed by atoms with E-state index in [-0.39, 0.29) is 11.6 Å². The Hall–Kier alpha value is -1.89. The lowest BCUT2D eigenvalue weighted by Crippen LogP contribution is -2.35. The number of thiophene rings is 1. The molecule has 7 heteroatoms. The molecule has 100 valence electrons. The van der Waals surface area contributed by atoms with Gasteiger partial charge >= 0.3 is 5.69 Å². The van der Waals surface area contributed by atoms with Crippen molar-refractivity contribution in [1.82, 2.24) is 19.7 Å². The summed E-state index contributed by atoms with van der Waals surface area (Å²) < 4.78 is 1.61. The Morgan fingerprint density at radius 3 is 3.11 bits per heavy atom. The van der Waals surface area contributed by atoms with Crippen LogP contribution in [0, 0.1) is 0 Å². The Bertz CT molecular complexity index is 628. The summed E-state index contributed by atoms with van der Waals surface area (Å²) in [5.41, 5.74) is 0.858. The van der Waals surface area contributed by atoms with E-state index in [0.717, 1.165) is 11.4 Å². The number of hydrogen-bond donors (Lipinski definition) is 1. The number of nitrogens with zero attached hydrogens (tertiary/aromatic N) is 3. The van der Waals surface area contributed by atoms with E-state index in [1.807, 2.05) is 21.7 Å². The van der Waals surface area contributed by atoms with Crippen LogP contribution < -0.4 is 5.69 Å². The molecule has 0 atom stereocenters. The topological polar surface area (TPSA) is 71.0 Å². The number of nitrogens with one attached hydrogen (secondary N) is 1. The largest absolute Gasteiger partial charge is 0.343 e. The van der Waals surface area contributed by atoms with Crippen LogP contribution in [0.25, 0.3) is 0 Å². The molecular weight excluding hydrogens is 264 g/mol. The summed E-state index contributed by atoms with van der Waals surface area (Å²) in [5.74, 6) is 0.844. The number of aromatic nitrogens is 3. The van der Waals surface area contributed by atoms with Gasteiger partial charge in [-0.15, -0.1) is 0 Å². The minimum Gasteiger partial charge on any atom is -0.340 e. The maximum absolute atomic E-state index is 12.2. The summed E-state index contributed by atoms with van der Waals surface area (Å²) in [4.78, 5) is 25.5. The van der Waals surface area contributed by atoms with E-state index in [1.165, 1.54) is 0 Å². The number of fused-ring (bicyclic) bond motifs is 1. The molecule has 0 saturated carbocycles. The molecule has 1 amide bonds. The number of H-pyrrole nitrogens is 1. The van der Waals surface area contributed by atoms with Gasteiger partial charge in [0.05, 0.1) is 6.42 Å². The lowest BCUT2D eigenvalue weighted by molar-refractivity contribution is -0.130. The summed E-state index contributed by atoms with van der Waals surface area (Å²) in [7, 11) is 0. The highest BCUT2D eigenvalue weighted by molar-refractivity contribution is 7.07. The van der Waals surface area contributed by atoms with Gasteiger partial charge in [0.1, 0.15) is 5.82 Å². The van der Waals surface area contributed by atoms with E-state index in [9.17, 15) is 9.59 Å². The number of carbonyl (C=O) groups excluding carboxylic acids is 1. The zero-order chi connectivity index (χ0) is 13.2. The number of carbonyl (C=O) groups is 1. The average Bonchev–Trinajstić information content (AvgIpc) is 2.95. The summed E-state index contributed by atoms with van der Waals surface area (Å²) in [6, 6.07) is 1.97. The zero-order valence-corrected chi connectivity index (χ0v) is 11.2. The molecule has 0 saturated heterocycles. The molecular formula is C12H14N4O2S. The smallest absolute Gasteiger partial charge is 0.340 e. The molecule has 2 aromatic heterocycles. The van der Waals surface area contributed by atoms with Gasteiger partial charge in [0.25, 0.3) is 0 Å². The van der Waals surface area contributed by atoms with Crippen molar-refractivity contribution >= 4 is 17.2 Å². The first-order chi connectivity index (χ1) is 9.24. The third kappa shape index (κ3) is 2.46. The van der Waals surface area contributed by atoms with Crippen molar-refractivity contribution in [3.63, 3.8) is 0 Å². The Morgan fingerprint density at radius 2 is 2.32 bits per heavy atom. The standard InChI is InChI=1S/C12H14N4O2S/c17-11(7-9-2-6-19-8-9)15-3-1-10-13-14-12(18)16(10)5-4-15/h2,6,8H,1,3-5,7H2,(H,14,18). The maximum atomic E-state index is 12.2. The lowest BCUT2D eigenvalue weighted by atomic mass is 10.2. The van der Waals surface area contributed by atoms with E-state index in [2.05, 4.69) is 10.2 Å². The Kier molecular flexibility index (Phi) is 3.20. The molecule has 6 nitrogen and oxygen atoms in total. The molecule has 1 aliphatic heterocycles. The second-order valence-corrected chi connectivity index (χ2v) is 5.32. The summed E-state index contributed by atoms with van der Waals surface area (Å²) in [5, 5.41) is 10.4. The van der Waals surface area contributed by atoms with Crippen LogP contribution in [0.4, 0.5) is 0 Å². The van der Waals surface area contributed by atoms with E-state index in [4.69, 9.17) is 0 Å². The zero-order valence-electron chi connectivity index (χ0n) is 10.3. The van der Waals surface area contributed by atoms with Crippen molar-refractivity contribution in [3.05, 3.63) is 38.7 Å². The van der Waals surface area contributed by atoms with Crippen molar-refractivity contribution in [2.75, 3.05) is 13.1 Å². The van der Waals surface area contributed by atoms with Crippen LogP contribution in [0.5, 0.6) is 0 Å². The minimum absolute atomic E-state index is 0.112. The van der Waals surface area contributed by atoms with Gasteiger partial charge in [-0.3, -0.25) is 9.36 Å². The number of amides is 1. The fraction of sp³-hybridized carbons (Fsp3) is 0.417. The van der Waals surface area contributed by atoms with Crippen molar-refractivity contribution in [2.45, 2.75) is 19.4 Å². The first-order valence-corrected chi connectivity index (χ1v) is 7.11. The molecule has 0 aliphatic carbocycles. The molecule has 1 N–H and O–H groups in total. The van der Waals surface area contributed by atoms with Gasteiger partial charge < -0.3 is 4.90 Å². The van der Waals surface area contributed by atoms with Gasteiger partial charge in [0, 0.05) is 26.1 Å². The summed E-state index contributed by atoms with van der Waals surface area (Å²) in [6.45, 7) is 1.70. The van der Waals surface area contributed by atoms with Crippen LogP contribution in [0.15, 0.2) is 21.6 Å². The normalized spacial score (nSPS) is 15.1. The molecule has 0 aromatic carbocycles. The quantitative estimate of drug-likeness (QED) is 0.856. The first-order valence-electron chi connectivity index (χ1n) is 6.17. The predicted octanol–water partition coefficient (Wildman–Crippen LogP) is 0.260. The second kappa shape index (κ2) is 5.00. The SMILES string of the molecule is O=C(Cc1ccsc1)N1CCc2n[nH]c(=O)n2CC1. The highest BCUT2D eigenvalue weighted by Gasteiger charge is 2.20. The first kappa shape index (κ1) is 12.2. The maximum Gasteiger partial charge on any atom is 0.343 e. The van der Waals surface area contributed by atoms with Gasteiger partial charge in [0.2, 0.25) is 5.91 Å². The molecule has 1 aliphatic rings. The van der Waals surface area contributed by atoms with Crippen LogP contribution in [-0.4, -0.2) is 38.7 Å². The molecule has 3 rings (SSSR count). The third-order valence-electron chi connectivity index (χ3n) is 3.32. The lowest BCUT2D eigenvalue weighted by Gasteiger charge is -2.19. The van der Waals surface area contributed by atoms with Crippen LogP contribution in [0.2, 0.25) is 0 Å². The molecule has 19 heavy (non-hydrogen) atoms. The monoisotopic (exact) mass is 278 g/mol. The van der Waals surface area contributed by atoms with Gasteiger partial charge in [-0.1, -0.05) is 0 Å². The van der Waals surface area contributed by atoms with E-state index in [0.29, 0.717) is 32.5 Å². The van der Waals surface area contributed by atoms with Gasteiger partial charge in [-0.05, 0) is 22.4 Å². The van der Waals surface area contributed by atoms with Gasteiger partial charge in [-0.25, -0.2) is 9.89 Å². The molecule has 0 bridgehead atoms. The van der Waals surface area contributed by atoms with Crippen LogP contribution in [-0.2, 0) is 24.2 Å². The van der Waals surface area contributed by atoms with Crippen LogP contribution >= 0.6 is 11.3 Å². The van der Waals surface area contributed by atoms with Crippen molar-refractivity contribution in [3.8, 4) is 0 Å². The average molecular weight is 278 g/mol. The molecule has 0 fully saturated rings. The Morgan fingerprint density at radius 1 is 1.42 bits per heavy atom. The van der Waals surface area contributed by atoms with Gasteiger partial charge in [-0.2, -0.15) is 16.4 Å². The van der Waals surface area contributed by atoms with Crippen LogP contribution in [0.1, 0.15) is 11.4 Å². The highest BCUT2D eigenvalue weighted by Crippen LogP contribution is 2.10. The fourth-order valence-corrected chi connectivity index (χ4v) is 2.94. The second-order valence-electron chi connectivity index (χ2n) is 4.54. The Labute approximate surface area is 113 Å². The number of rotatable bonds is 2. The fourth-order valence-electron chi connectivity index (χ4n) is 2.27. The minimum atomic E-state index is -0.192. The number of aromatic amines is 1. The van der Waals surface area contributed by atoms with Gasteiger partial charge in [0.15, 0.2) is 0 Å². The summed E-state index contributed by atoms with van der Waals surface area (Å²) in [6.07, 6.45) is 1.05. The van der Waals surface area contributed by atoms with Crippen molar-refractivity contribution in [1.29, 1.82) is 0 Å².